The van der Waals surface area contributed by atoms with Gasteiger partial charge in [-0.1, -0.05) is 0 Å². The molecule has 1 aliphatic heterocycles. The number of aromatic nitrogens is 2. The second-order valence-corrected chi connectivity index (χ2v) is 2.97. The molecular weight excluding hydrogens is 184 g/mol. The lowest BCUT2D eigenvalue weighted by Gasteiger charge is -2.17. The molecule has 0 radical (unpaired) electrons. The molecule has 0 saturated carbocycles. The predicted octanol–water partition coefficient (Wildman–Crippen LogP) is -0.0479. The molecule has 1 amide bonds. The number of carbonyl (C=O) groups excluding carboxylic acids is 1. The number of hydrogen-bond donors (Lipinski definition) is 2. The summed E-state index contributed by atoms with van der Waals surface area (Å²) in [6.07, 6.45) is 1.02. The van der Waals surface area contributed by atoms with Gasteiger partial charge in [0.05, 0.1) is 12.7 Å². The lowest BCUT2D eigenvalue weighted by molar-refractivity contribution is -0.116. The van der Waals surface area contributed by atoms with Crippen LogP contribution in [0.4, 0.5) is 11.8 Å². The molecule has 0 saturated heterocycles. The van der Waals surface area contributed by atoms with Crippen molar-refractivity contribution < 1.29 is 9.53 Å². The molecule has 1 aliphatic rings. The molecule has 3 N–H and O–H groups in total. The van der Waals surface area contributed by atoms with Crippen LogP contribution in [0.25, 0.3) is 0 Å². The number of ether oxygens (including phenoxy) is 1. The van der Waals surface area contributed by atoms with Gasteiger partial charge in [-0.3, -0.25) is 4.79 Å². The van der Waals surface area contributed by atoms with Gasteiger partial charge in [0, 0.05) is 6.42 Å². The molecular formula is C8H10N4O2. The highest BCUT2D eigenvalue weighted by atomic mass is 16.5. The molecule has 0 unspecified atom stereocenters. The highest BCUT2D eigenvalue weighted by Crippen LogP contribution is 2.28. The largest absolute Gasteiger partial charge is 0.481 e. The summed E-state index contributed by atoms with van der Waals surface area (Å²) in [5.74, 6) is 0.943. The van der Waals surface area contributed by atoms with Crippen molar-refractivity contribution in [1.29, 1.82) is 0 Å². The Labute approximate surface area is 80.5 Å². The number of carbonyl (C=O) groups is 1. The van der Waals surface area contributed by atoms with E-state index in [-0.39, 0.29) is 11.9 Å². The molecule has 0 spiro atoms. The SMILES string of the molecule is COc1nc(N)nc2c1CCC(=O)N2. The molecule has 6 heteroatoms. The maximum absolute atomic E-state index is 11.1. The predicted molar refractivity (Wildman–Crippen MR) is 49.9 cm³/mol. The molecule has 74 valence electrons. The van der Waals surface area contributed by atoms with Crippen LogP contribution in [0.3, 0.4) is 0 Å². The van der Waals surface area contributed by atoms with E-state index >= 15 is 0 Å². The van der Waals surface area contributed by atoms with E-state index in [1.165, 1.54) is 7.11 Å². The van der Waals surface area contributed by atoms with Gasteiger partial charge in [0.1, 0.15) is 5.82 Å². The van der Waals surface area contributed by atoms with Gasteiger partial charge in [-0.15, -0.1) is 0 Å². The van der Waals surface area contributed by atoms with Gasteiger partial charge in [0.2, 0.25) is 17.7 Å². The lowest BCUT2D eigenvalue weighted by atomic mass is 10.1. The van der Waals surface area contributed by atoms with Gasteiger partial charge in [0.25, 0.3) is 0 Å². The standard InChI is InChI=1S/C8H10N4O2/c1-14-7-4-2-3-5(13)10-6(4)11-8(9)12-7/h2-3H2,1H3,(H3,9,10,11,12,13). The van der Waals surface area contributed by atoms with Crippen LogP contribution in [0.15, 0.2) is 0 Å². The van der Waals surface area contributed by atoms with Crippen LogP contribution in [0, 0.1) is 0 Å². The number of methoxy groups -OCH3 is 1. The van der Waals surface area contributed by atoms with Crippen LogP contribution < -0.4 is 15.8 Å². The quantitative estimate of drug-likeness (QED) is 0.654. The Hall–Kier alpha value is -1.85. The first-order valence-corrected chi connectivity index (χ1v) is 4.21. The van der Waals surface area contributed by atoms with Crippen molar-refractivity contribution in [3.8, 4) is 5.88 Å². The average molecular weight is 194 g/mol. The summed E-state index contributed by atoms with van der Waals surface area (Å²) in [6.45, 7) is 0. The normalized spacial score (nSPS) is 14.5. The number of anilines is 2. The number of fused-ring (bicyclic) bond motifs is 1. The fraction of sp³-hybridized carbons (Fsp3) is 0.375. The zero-order valence-electron chi connectivity index (χ0n) is 7.70. The van der Waals surface area contributed by atoms with Gasteiger partial charge in [-0.25, -0.2) is 0 Å². The Morgan fingerprint density at radius 1 is 1.43 bits per heavy atom. The number of rotatable bonds is 1. The van der Waals surface area contributed by atoms with Crippen molar-refractivity contribution >= 4 is 17.7 Å². The Bertz CT molecular complexity index is 391. The third-order valence-electron chi connectivity index (χ3n) is 2.04. The third kappa shape index (κ3) is 1.34. The van der Waals surface area contributed by atoms with E-state index in [2.05, 4.69) is 15.3 Å². The first-order valence-electron chi connectivity index (χ1n) is 4.21. The molecule has 0 bridgehead atoms. The van der Waals surface area contributed by atoms with Crippen LogP contribution in [0.5, 0.6) is 5.88 Å². The highest BCUT2D eigenvalue weighted by Gasteiger charge is 2.21. The molecule has 0 aromatic carbocycles. The first kappa shape index (κ1) is 8.74. The highest BCUT2D eigenvalue weighted by molar-refractivity contribution is 5.93. The molecule has 0 atom stereocenters. The Morgan fingerprint density at radius 3 is 2.93 bits per heavy atom. The molecule has 6 nitrogen and oxygen atoms in total. The van der Waals surface area contributed by atoms with Crippen molar-refractivity contribution in [2.24, 2.45) is 0 Å². The maximum atomic E-state index is 11.1. The summed E-state index contributed by atoms with van der Waals surface area (Å²) in [4.78, 5) is 18.9. The molecule has 0 aliphatic carbocycles. The molecule has 2 rings (SSSR count). The van der Waals surface area contributed by atoms with E-state index in [1.807, 2.05) is 0 Å². The lowest BCUT2D eigenvalue weighted by Crippen LogP contribution is -2.21. The van der Waals surface area contributed by atoms with Gasteiger partial charge in [-0.05, 0) is 6.42 Å². The number of nitrogens with zero attached hydrogens (tertiary/aromatic N) is 2. The molecule has 14 heavy (non-hydrogen) atoms. The minimum atomic E-state index is -0.0577. The third-order valence-corrected chi connectivity index (χ3v) is 2.04. The minimum Gasteiger partial charge on any atom is -0.481 e. The van der Waals surface area contributed by atoms with E-state index in [0.717, 1.165) is 5.56 Å². The smallest absolute Gasteiger partial charge is 0.225 e. The van der Waals surface area contributed by atoms with Gasteiger partial charge < -0.3 is 15.8 Å². The number of nitrogens with two attached hydrogens (primary N) is 1. The summed E-state index contributed by atoms with van der Waals surface area (Å²) < 4.78 is 5.05. The Morgan fingerprint density at radius 2 is 2.21 bits per heavy atom. The summed E-state index contributed by atoms with van der Waals surface area (Å²) in [5.41, 5.74) is 6.26. The summed E-state index contributed by atoms with van der Waals surface area (Å²) >= 11 is 0. The zero-order valence-corrected chi connectivity index (χ0v) is 7.70. The minimum absolute atomic E-state index is 0.0577. The summed E-state index contributed by atoms with van der Waals surface area (Å²) in [6, 6.07) is 0. The van der Waals surface area contributed by atoms with Crippen molar-refractivity contribution in [3.63, 3.8) is 0 Å². The van der Waals surface area contributed by atoms with Crippen LogP contribution in [0.2, 0.25) is 0 Å². The topological polar surface area (TPSA) is 90.1 Å². The first-order chi connectivity index (χ1) is 6.70. The van der Waals surface area contributed by atoms with Crippen LogP contribution in [0.1, 0.15) is 12.0 Å². The average Bonchev–Trinajstić information content (AvgIpc) is 2.15. The Kier molecular flexibility index (Phi) is 1.95. The van der Waals surface area contributed by atoms with Crippen LogP contribution in [-0.4, -0.2) is 23.0 Å². The number of amides is 1. The fourth-order valence-corrected chi connectivity index (χ4v) is 1.41. The van der Waals surface area contributed by atoms with Crippen molar-refractivity contribution in [2.75, 3.05) is 18.2 Å². The van der Waals surface area contributed by atoms with Gasteiger partial charge >= 0.3 is 0 Å². The van der Waals surface area contributed by atoms with Crippen molar-refractivity contribution in [3.05, 3.63) is 5.56 Å². The number of hydrogen-bond acceptors (Lipinski definition) is 5. The maximum Gasteiger partial charge on any atom is 0.225 e. The van der Waals surface area contributed by atoms with E-state index in [9.17, 15) is 4.79 Å². The molecule has 1 aromatic rings. The fourth-order valence-electron chi connectivity index (χ4n) is 1.41. The molecule has 1 aromatic heterocycles. The number of nitrogen functional groups attached to an aromatic ring is 1. The summed E-state index contributed by atoms with van der Waals surface area (Å²) in [5, 5.41) is 2.63. The van der Waals surface area contributed by atoms with Gasteiger partial charge in [-0.2, -0.15) is 9.97 Å². The van der Waals surface area contributed by atoms with Crippen molar-refractivity contribution in [1.82, 2.24) is 9.97 Å². The van der Waals surface area contributed by atoms with Crippen LogP contribution >= 0.6 is 0 Å². The summed E-state index contributed by atoms with van der Waals surface area (Å²) in [7, 11) is 1.51. The second-order valence-electron chi connectivity index (χ2n) is 2.97. The second kappa shape index (κ2) is 3.13. The Balaban J connectivity index is 2.51. The number of nitrogens with one attached hydrogen (secondary N) is 1. The molecule has 0 fully saturated rings. The zero-order chi connectivity index (χ0) is 10.1. The van der Waals surface area contributed by atoms with E-state index in [1.54, 1.807) is 0 Å². The van der Waals surface area contributed by atoms with E-state index < -0.39 is 0 Å². The van der Waals surface area contributed by atoms with Crippen molar-refractivity contribution in [2.45, 2.75) is 12.8 Å². The van der Waals surface area contributed by atoms with E-state index in [4.69, 9.17) is 10.5 Å². The monoisotopic (exact) mass is 194 g/mol. The van der Waals surface area contributed by atoms with Gasteiger partial charge in [0.15, 0.2) is 0 Å². The van der Waals surface area contributed by atoms with Crippen LogP contribution in [-0.2, 0) is 11.2 Å². The molecule has 2 heterocycles. The van der Waals surface area contributed by atoms with E-state index in [0.29, 0.717) is 24.5 Å².